The maximum atomic E-state index is 11.6. The maximum Gasteiger partial charge on any atom is 0.378 e. The maximum absolute atomic E-state index is 11.6. The lowest BCUT2D eigenvalue weighted by atomic mass is 9.98. The van der Waals surface area contributed by atoms with Gasteiger partial charge in [-0.2, -0.15) is 4.98 Å². The molecule has 21 heavy (non-hydrogen) atoms. The smallest absolute Gasteiger partial charge is 0.378 e. The minimum absolute atomic E-state index is 0.0893. The van der Waals surface area contributed by atoms with E-state index in [-0.39, 0.29) is 11.9 Å². The first-order valence-corrected chi connectivity index (χ1v) is 6.96. The van der Waals surface area contributed by atoms with Crippen molar-refractivity contribution < 1.29 is 9.53 Å². The average molecular weight is 286 g/mol. The molecule has 2 aromatic rings. The van der Waals surface area contributed by atoms with Crippen molar-refractivity contribution in [2.45, 2.75) is 26.3 Å². The zero-order valence-electron chi connectivity index (χ0n) is 12.4. The van der Waals surface area contributed by atoms with E-state index in [2.05, 4.69) is 52.2 Å². The van der Waals surface area contributed by atoms with Gasteiger partial charge in [-0.05, 0) is 37.0 Å². The molecule has 0 aliphatic carbocycles. The van der Waals surface area contributed by atoms with Crippen LogP contribution >= 0.6 is 0 Å². The second-order valence-corrected chi connectivity index (χ2v) is 5.27. The van der Waals surface area contributed by atoms with Crippen molar-refractivity contribution in [3.8, 4) is 0 Å². The van der Waals surface area contributed by atoms with Crippen LogP contribution in [0, 0.1) is 13.8 Å². The molecule has 1 aromatic heterocycles. The van der Waals surface area contributed by atoms with Crippen LogP contribution in [0.3, 0.4) is 0 Å². The number of nitrogens with zero attached hydrogens (tertiary/aromatic N) is 3. The van der Waals surface area contributed by atoms with Gasteiger partial charge in [0.2, 0.25) is 5.95 Å². The number of ether oxygens (including phenoxy) is 1. The number of aromatic nitrogens is 3. The normalized spacial score (nSPS) is 17.0. The van der Waals surface area contributed by atoms with Gasteiger partial charge in [0.1, 0.15) is 0 Å². The van der Waals surface area contributed by atoms with E-state index < -0.39 is 5.97 Å². The van der Waals surface area contributed by atoms with Crippen molar-refractivity contribution >= 4 is 11.9 Å². The Balaban J connectivity index is 2.01. The summed E-state index contributed by atoms with van der Waals surface area (Å²) in [6.07, 6.45) is 0.902. The van der Waals surface area contributed by atoms with Crippen molar-refractivity contribution in [2.75, 3.05) is 19.0 Å². The third-order valence-corrected chi connectivity index (χ3v) is 3.91. The average Bonchev–Trinajstić information content (AvgIpc) is 2.93. The summed E-state index contributed by atoms with van der Waals surface area (Å²) in [5, 5.41) is 7.47. The third kappa shape index (κ3) is 2.37. The fourth-order valence-electron chi connectivity index (χ4n) is 2.56. The van der Waals surface area contributed by atoms with Crippen molar-refractivity contribution in [1.29, 1.82) is 0 Å². The molecule has 1 atom stereocenters. The highest BCUT2D eigenvalue weighted by Gasteiger charge is 2.26. The Labute approximate surface area is 123 Å². The van der Waals surface area contributed by atoms with E-state index in [4.69, 9.17) is 0 Å². The Morgan fingerprint density at radius 2 is 2.19 bits per heavy atom. The Morgan fingerprint density at radius 1 is 1.38 bits per heavy atom. The molecule has 0 amide bonds. The summed E-state index contributed by atoms with van der Waals surface area (Å²) in [5.74, 6) is 0.193. The largest absolute Gasteiger partial charge is 0.463 e. The lowest BCUT2D eigenvalue weighted by Gasteiger charge is -2.25. The number of hydrogen-bond acceptors (Lipinski definition) is 5. The van der Waals surface area contributed by atoms with E-state index in [1.807, 2.05) is 0 Å². The number of methoxy groups -OCH3 is 1. The van der Waals surface area contributed by atoms with Gasteiger partial charge in [-0.3, -0.25) is 0 Å². The molecular weight excluding hydrogens is 268 g/mol. The zero-order valence-corrected chi connectivity index (χ0v) is 12.4. The molecule has 2 heterocycles. The molecule has 3 rings (SSSR count). The summed E-state index contributed by atoms with van der Waals surface area (Å²) < 4.78 is 6.46. The minimum atomic E-state index is -0.516. The predicted octanol–water partition coefficient (Wildman–Crippen LogP) is 2.09. The second-order valence-electron chi connectivity index (χ2n) is 5.27. The second kappa shape index (κ2) is 5.20. The summed E-state index contributed by atoms with van der Waals surface area (Å²) >= 11 is 0. The van der Waals surface area contributed by atoms with Gasteiger partial charge in [-0.15, -0.1) is 5.10 Å². The van der Waals surface area contributed by atoms with E-state index in [1.54, 1.807) is 4.68 Å². The van der Waals surface area contributed by atoms with Crippen LogP contribution < -0.4 is 5.32 Å². The third-order valence-electron chi connectivity index (χ3n) is 3.91. The number of benzene rings is 1. The van der Waals surface area contributed by atoms with Gasteiger partial charge < -0.3 is 10.1 Å². The van der Waals surface area contributed by atoms with Gasteiger partial charge in [-0.1, -0.05) is 18.2 Å². The number of anilines is 1. The molecule has 6 heteroatoms. The number of carbonyl (C=O) groups excluding carboxylic acids is 1. The highest BCUT2D eigenvalue weighted by atomic mass is 16.5. The van der Waals surface area contributed by atoms with Crippen LogP contribution in [0.4, 0.5) is 5.95 Å². The molecule has 0 radical (unpaired) electrons. The molecule has 6 nitrogen and oxygen atoms in total. The van der Waals surface area contributed by atoms with E-state index in [0.717, 1.165) is 13.0 Å². The van der Waals surface area contributed by atoms with Gasteiger partial charge in [-0.25, -0.2) is 9.48 Å². The summed E-state index contributed by atoms with van der Waals surface area (Å²) in [5.41, 5.74) is 3.70. The van der Waals surface area contributed by atoms with Crippen LogP contribution in [0.2, 0.25) is 0 Å². The number of carbonyl (C=O) groups is 1. The van der Waals surface area contributed by atoms with E-state index in [0.29, 0.717) is 5.95 Å². The monoisotopic (exact) mass is 286 g/mol. The van der Waals surface area contributed by atoms with Gasteiger partial charge in [0.15, 0.2) is 0 Å². The Hall–Kier alpha value is -2.37. The van der Waals surface area contributed by atoms with Crippen LogP contribution in [0.1, 0.15) is 39.8 Å². The summed E-state index contributed by atoms with van der Waals surface area (Å²) in [6, 6.07) is 6.49. The Bertz CT molecular complexity index is 693. The van der Waals surface area contributed by atoms with E-state index in [1.165, 1.54) is 23.8 Å². The fourth-order valence-corrected chi connectivity index (χ4v) is 2.56. The first kappa shape index (κ1) is 13.6. The first-order chi connectivity index (χ1) is 10.1. The van der Waals surface area contributed by atoms with Crippen molar-refractivity contribution in [3.63, 3.8) is 0 Å². The molecule has 1 aromatic carbocycles. The quantitative estimate of drug-likeness (QED) is 0.856. The molecule has 0 fully saturated rings. The highest BCUT2D eigenvalue weighted by molar-refractivity contribution is 5.85. The van der Waals surface area contributed by atoms with E-state index in [9.17, 15) is 4.79 Å². The molecule has 1 aliphatic heterocycles. The molecule has 0 saturated heterocycles. The SMILES string of the molecule is COC(=O)c1nc2n(n1)C(c1ccc(C)c(C)c1)CCN2. The number of esters is 1. The molecule has 0 saturated carbocycles. The predicted molar refractivity (Wildman–Crippen MR) is 78.5 cm³/mol. The minimum Gasteiger partial charge on any atom is -0.463 e. The van der Waals surface area contributed by atoms with Crippen LogP contribution in [0.15, 0.2) is 18.2 Å². The number of aryl methyl sites for hydroxylation is 2. The number of hydrogen-bond donors (Lipinski definition) is 1. The summed E-state index contributed by atoms with van der Waals surface area (Å²) in [4.78, 5) is 15.8. The van der Waals surface area contributed by atoms with Crippen LogP contribution in [0.5, 0.6) is 0 Å². The molecule has 0 bridgehead atoms. The standard InChI is InChI=1S/C15H18N4O2/c1-9-4-5-11(8-10(9)2)12-6-7-16-15-17-13(14(20)21-3)18-19(12)15/h4-5,8,12H,6-7H2,1-3H3,(H,16,17,18). The molecule has 0 spiro atoms. The summed E-state index contributed by atoms with van der Waals surface area (Å²) in [6.45, 7) is 5.00. The topological polar surface area (TPSA) is 69.0 Å². The lowest BCUT2D eigenvalue weighted by Crippen LogP contribution is -2.24. The number of fused-ring (bicyclic) bond motifs is 1. The van der Waals surface area contributed by atoms with Gasteiger partial charge in [0, 0.05) is 6.54 Å². The van der Waals surface area contributed by atoms with Crippen LogP contribution in [-0.4, -0.2) is 34.4 Å². The van der Waals surface area contributed by atoms with Gasteiger partial charge in [0.05, 0.1) is 13.2 Å². The number of rotatable bonds is 2. The molecule has 1 N–H and O–H groups in total. The van der Waals surface area contributed by atoms with Crippen LogP contribution in [-0.2, 0) is 4.74 Å². The number of nitrogens with one attached hydrogen (secondary N) is 1. The van der Waals surface area contributed by atoms with Crippen molar-refractivity contribution in [2.24, 2.45) is 0 Å². The van der Waals surface area contributed by atoms with Crippen molar-refractivity contribution in [1.82, 2.24) is 14.8 Å². The Kier molecular flexibility index (Phi) is 3.37. The van der Waals surface area contributed by atoms with Gasteiger partial charge in [0.25, 0.3) is 5.82 Å². The highest BCUT2D eigenvalue weighted by Crippen LogP contribution is 2.29. The zero-order chi connectivity index (χ0) is 15.0. The van der Waals surface area contributed by atoms with Gasteiger partial charge >= 0.3 is 5.97 Å². The molecule has 110 valence electrons. The Morgan fingerprint density at radius 3 is 2.90 bits per heavy atom. The summed E-state index contributed by atoms with van der Waals surface area (Å²) in [7, 11) is 1.33. The lowest BCUT2D eigenvalue weighted by molar-refractivity contribution is 0.0586. The molecule has 1 unspecified atom stereocenters. The van der Waals surface area contributed by atoms with Crippen molar-refractivity contribution in [3.05, 3.63) is 40.7 Å². The molecule has 1 aliphatic rings. The first-order valence-electron chi connectivity index (χ1n) is 6.96. The van der Waals surface area contributed by atoms with E-state index >= 15 is 0 Å². The fraction of sp³-hybridized carbons (Fsp3) is 0.400. The molecular formula is C15H18N4O2. The van der Waals surface area contributed by atoms with Crippen LogP contribution in [0.25, 0.3) is 0 Å².